The molecule has 2 nitrogen and oxygen atoms in total. The molecule has 2 heteroatoms. The Kier molecular flexibility index (Phi) is 0.991. The molecular weight excluding hydrogens is 88.1 g/mol. The molecule has 0 aromatic heterocycles. The van der Waals surface area contributed by atoms with E-state index in [0.717, 1.165) is 13.1 Å². The molecule has 0 spiro atoms. The molecule has 7 heavy (non-hydrogen) atoms. The predicted molar refractivity (Wildman–Crippen MR) is 29.1 cm³/mol. The van der Waals surface area contributed by atoms with Crippen LogP contribution in [0.25, 0.3) is 0 Å². The number of amidine groups is 1. The van der Waals surface area contributed by atoms with Gasteiger partial charge in [0.15, 0.2) is 5.84 Å². The van der Waals surface area contributed by atoms with E-state index in [0.29, 0.717) is 5.84 Å². The Morgan fingerprint density at radius 3 is 3.00 bits per heavy atom. The molecule has 0 amide bonds. The maximum Gasteiger partial charge on any atom is 0.173 e. The van der Waals surface area contributed by atoms with E-state index >= 15 is 0 Å². The molecule has 0 aromatic rings. The van der Waals surface area contributed by atoms with Gasteiger partial charge in [-0.2, -0.15) is 0 Å². The van der Waals surface area contributed by atoms with Gasteiger partial charge in [-0.25, -0.2) is 0 Å². The van der Waals surface area contributed by atoms with E-state index in [1.54, 1.807) is 0 Å². The van der Waals surface area contributed by atoms with Crippen LogP contribution in [0.5, 0.6) is 0 Å². The molecule has 36 valence electrons. The molecule has 0 saturated carbocycles. The first-order valence-corrected chi connectivity index (χ1v) is 2.18. The van der Waals surface area contributed by atoms with E-state index in [1.807, 2.05) is 0 Å². The van der Waals surface area contributed by atoms with Crippen LogP contribution in [-0.4, -0.2) is 18.9 Å². The maximum atomic E-state index is 4.99. The van der Waals surface area contributed by atoms with Gasteiger partial charge in [-0.3, -0.25) is 4.99 Å². The molecule has 0 aliphatic carbocycles. The topological polar surface area (TPSA) is 24.4 Å². The molecule has 1 aliphatic heterocycles. The molecule has 0 fully saturated rings. The van der Waals surface area contributed by atoms with Crippen molar-refractivity contribution < 1.29 is 0 Å². The fraction of sp³-hybridized carbons (Fsp3) is 0.400. The van der Waals surface area contributed by atoms with Crippen LogP contribution in [0.15, 0.2) is 4.99 Å². The van der Waals surface area contributed by atoms with Crippen molar-refractivity contribution in [2.24, 2.45) is 4.99 Å². The van der Waals surface area contributed by atoms with Gasteiger partial charge in [0, 0.05) is 6.54 Å². The molecular formula is C5H6N2. The third-order valence-corrected chi connectivity index (χ3v) is 0.811. The summed E-state index contributed by atoms with van der Waals surface area (Å²) in [5, 5.41) is 2.92. The highest BCUT2D eigenvalue weighted by Gasteiger charge is 1.97. The van der Waals surface area contributed by atoms with Crippen LogP contribution in [0.4, 0.5) is 0 Å². The summed E-state index contributed by atoms with van der Waals surface area (Å²) in [6.45, 7) is 1.74. The van der Waals surface area contributed by atoms with E-state index in [4.69, 9.17) is 6.42 Å². The average molecular weight is 94.1 g/mol. The standard InChI is InChI=1S/C5H6N2/c1-2-5-6-3-4-7-5/h1H,3-4H2,(H,6,7). The normalized spacial score (nSPS) is 17.3. The summed E-state index contributed by atoms with van der Waals surface area (Å²) in [6.07, 6.45) is 4.99. The number of aliphatic imine (C=N–C) groups is 1. The molecule has 0 aromatic carbocycles. The van der Waals surface area contributed by atoms with Crippen LogP contribution in [0.1, 0.15) is 0 Å². The number of hydrogen-bond acceptors (Lipinski definition) is 2. The first kappa shape index (κ1) is 4.20. The number of rotatable bonds is 0. The molecule has 0 radical (unpaired) electrons. The molecule has 1 heterocycles. The second-order valence-electron chi connectivity index (χ2n) is 1.30. The number of nitrogens with one attached hydrogen (secondary N) is 1. The van der Waals surface area contributed by atoms with Crippen LogP contribution < -0.4 is 5.32 Å². The van der Waals surface area contributed by atoms with Crippen molar-refractivity contribution in [2.75, 3.05) is 13.1 Å². The van der Waals surface area contributed by atoms with E-state index < -0.39 is 0 Å². The summed E-state index contributed by atoms with van der Waals surface area (Å²) in [5.74, 6) is 3.10. The zero-order valence-electron chi connectivity index (χ0n) is 3.94. The fourth-order valence-corrected chi connectivity index (χ4v) is 0.495. The minimum atomic E-state index is 0.694. The Bertz CT molecular complexity index is 130. The molecule has 1 aliphatic rings. The second-order valence-corrected chi connectivity index (χ2v) is 1.30. The Hall–Kier alpha value is -0.970. The van der Waals surface area contributed by atoms with Crippen molar-refractivity contribution in [3.8, 4) is 12.3 Å². The van der Waals surface area contributed by atoms with Crippen LogP contribution in [-0.2, 0) is 0 Å². The Balaban J connectivity index is 2.57. The van der Waals surface area contributed by atoms with E-state index in [2.05, 4.69) is 16.2 Å². The van der Waals surface area contributed by atoms with Crippen molar-refractivity contribution in [2.45, 2.75) is 0 Å². The van der Waals surface area contributed by atoms with Gasteiger partial charge in [-0.05, 0) is 5.92 Å². The van der Waals surface area contributed by atoms with Gasteiger partial charge in [-0.15, -0.1) is 6.42 Å². The molecule has 0 atom stereocenters. The van der Waals surface area contributed by atoms with Crippen LogP contribution >= 0.6 is 0 Å². The lowest BCUT2D eigenvalue weighted by molar-refractivity contribution is 0.962. The van der Waals surface area contributed by atoms with Gasteiger partial charge in [0.25, 0.3) is 0 Å². The molecule has 1 rings (SSSR count). The first-order valence-electron chi connectivity index (χ1n) is 2.18. The minimum absolute atomic E-state index is 0.694. The summed E-state index contributed by atoms with van der Waals surface area (Å²) >= 11 is 0. The van der Waals surface area contributed by atoms with Crippen LogP contribution in [0.3, 0.4) is 0 Å². The highest BCUT2D eigenvalue weighted by molar-refractivity contribution is 5.98. The number of terminal acetylenes is 1. The van der Waals surface area contributed by atoms with Crippen LogP contribution in [0, 0.1) is 12.3 Å². The van der Waals surface area contributed by atoms with Crippen LogP contribution in [0.2, 0.25) is 0 Å². The average Bonchev–Trinajstić information content (AvgIpc) is 2.14. The summed E-state index contributed by atoms with van der Waals surface area (Å²) in [4.78, 5) is 3.92. The van der Waals surface area contributed by atoms with E-state index in [1.165, 1.54) is 0 Å². The Labute approximate surface area is 42.6 Å². The molecule has 1 N–H and O–H groups in total. The minimum Gasteiger partial charge on any atom is -0.361 e. The predicted octanol–water partition coefficient (Wildman–Crippen LogP) is -0.379. The monoisotopic (exact) mass is 94.1 g/mol. The Morgan fingerprint density at radius 2 is 2.71 bits per heavy atom. The maximum absolute atomic E-state index is 4.99. The lowest BCUT2D eigenvalue weighted by Gasteiger charge is -1.84. The van der Waals surface area contributed by atoms with E-state index in [9.17, 15) is 0 Å². The third-order valence-electron chi connectivity index (χ3n) is 0.811. The summed E-state index contributed by atoms with van der Waals surface area (Å²) in [6, 6.07) is 0. The van der Waals surface area contributed by atoms with Gasteiger partial charge in [0.05, 0.1) is 6.54 Å². The second kappa shape index (κ2) is 1.65. The van der Waals surface area contributed by atoms with Gasteiger partial charge in [0.1, 0.15) is 0 Å². The lowest BCUT2D eigenvalue weighted by atomic mass is 10.6. The highest BCUT2D eigenvalue weighted by atomic mass is 15.1. The van der Waals surface area contributed by atoms with Crippen molar-refractivity contribution in [3.63, 3.8) is 0 Å². The fourth-order valence-electron chi connectivity index (χ4n) is 0.495. The van der Waals surface area contributed by atoms with Crippen molar-refractivity contribution in [1.29, 1.82) is 0 Å². The zero-order valence-corrected chi connectivity index (χ0v) is 3.94. The first-order chi connectivity index (χ1) is 3.43. The third kappa shape index (κ3) is 0.716. The number of nitrogens with zero attached hydrogens (tertiary/aromatic N) is 1. The van der Waals surface area contributed by atoms with Crippen molar-refractivity contribution in [1.82, 2.24) is 5.32 Å². The largest absolute Gasteiger partial charge is 0.361 e. The highest BCUT2D eigenvalue weighted by Crippen LogP contribution is 1.80. The summed E-state index contributed by atoms with van der Waals surface area (Å²) in [5.41, 5.74) is 0. The summed E-state index contributed by atoms with van der Waals surface area (Å²) < 4.78 is 0. The zero-order chi connectivity index (χ0) is 5.11. The summed E-state index contributed by atoms with van der Waals surface area (Å²) in [7, 11) is 0. The van der Waals surface area contributed by atoms with Crippen molar-refractivity contribution in [3.05, 3.63) is 0 Å². The SMILES string of the molecule is C#CC1=NCCN1. The van der Waals surface area contributed by atoms with Gasteiger partial charge < -0.3 is 5.32 Å². The van der Waals surface area contributed by atoms with Gasteiger partial charge in [-0.1, -0.05) is 0 Å². The number of hydrogen-bond donors (Lipinski definition) is 1. The smallest absolute Gasteiger partial charge is 0.173 e. The Morgan fingerprint density at radius 1 is 1.86 bits per heavy atom. The van der Waals surface area contributed by atoms with Gasteiger partial charge >= 0.3 is 0 Å². The van der Waals surface area contributed by atoms with Gasteiger partial charge in [0.2, 0.25) is 0 Å². The van der Waals surface area contributed by atoms with E-state index in [-0.39, 0.29) is 0 Å². The quantitative estimate of drug-likeness (QED) is 0.406. The lowest BCUT2D eigenvalue weighted by Crippen LogP contribution is -2.15. The molecule has 0 saturated heterocycles. The molecule has 0 unspecified atom stereocenters. The van der Waals surface area contributed by atoms with Crippen molar-refractivity contribution >= 4 is 5.84 Å². The molecule has 0 bridgehead atoms.